The van der Waals surface area contributed by atoms with E-state index in [1.165, 1.54) is 0 Å². The number of carbonyl (C=O) groups is 2. The average molecular weight is 375 g/mol. The Morgan fingerprint density at radius 2 is 1.74 bits per heavy atom. The van der Waals surface area contributed by atoms with Crippen molar-refractivity contribution >= 4 is 33.6 Å². The summed E-state index contributed by atoms with van der Waals surface area (Å²) in [6.45, 7) is 1.73. The van der Waals surface area contributed by atoms with E-state index in [0.29, 0.717) is 11.4 Å². The molecule has 1 aliphatic rings. The van der Waals surface area contributed by atoms with Gasteiger partial charge in [0.05, 0.1) is 5.69 Å². The fourth-order valence-corrected chi connectivity index (χ4v) is 2.62. The van der Waals surface area contributed by atoms with Gasteiger partial charge in [-0.05, 0) is 43.3 Å². The fraction of sp³-hybridized carbons (Fsp3) is 0.176. The molecule has 1 aliphatic heterocycles. The Morgan fingerprint density at radius 3 is 2.39 bits per heavy atom. The van der Waals surface area contributed by atoms with E-state index in [1.807, 2.05) is 18.2 Å². The van der Waals surface area contributed by atoms with Crippen molar-refractivity contribution in [3.63, 3.8) is 0 Å². The van der Waals surface area contributed by atoms with E-state index in [0.717, 1.165) is 9.37 Å². The summed E-state index contributed by atoms with van der Waals surface area (Å²) in [6, 6.07) is 15.7. The summed E-state index contributed by atoms with van der Waals surface area (Å²) in [5, 5.41) is 2.71. The van der Waals surface area contributed by atoms with Crippen LogP contribution in [0.4, 0.5) is 10.5 Å². The summed E-state index contributed by atoms with van der Waals surface area (Å²) in [6.07, 6.45) is 0. The smallest absolute Gasteiger partial charge is 0.329 e. The zero-order valence-electron chi connectivity index (χ0n) is 12.5. The fourth-order valence-electron chi connectivity index (χ4n) is 2.35. The molecular weight excluding hydrogens is 360 g/mol. The van der Waals surface area contributed by atoms with Gasteiger partial charge < -0.3 is 10.1 Å². The van der Waals surface area contributed by atoms with Crippen molar-refractivity contribution in [3.8, 4) is 5.75 Å². The first kappa shape index (κ1) is 15.6. The largest absolute Gasteiger partial charge is 0.491 e. The molecule has 1 heterocycles. The SMILES string of the molecule is C[C@@]1(COc2ccccc2)NC(=O)N(c2ccc(Br)cc2)C1=O. The first-order valence-electron chi connectivity index (χ1n) is 7.10. The molecule has 118 valence electrons. The highest BCUT2D eigenvalue weighted by Crippen LogP contribution is 2.26. The third-order valence-corrected chi connectivity index (χ3v) is 4.15. The van der Waals surface area contributed by atoms with Crippen LogP contribution in [0.25, 0.3) is 0 Å². The van der Waals surface area contributed by atoms with E-state index in [2.05, 4.69) is 21.2 Å². The number of halogens is 1. The second-order valence-electron chi connectivity index (χ2n) is 5.48. The van der Waals surface area contributed by atoms with Crippen LogP contribution in [0.5, 0.6) is 5.75 Å². The van der Waals surface area contributed by atoms with Crippen molar-refractivity contribution in [3.05, 3.63) is 59.1 Å². The van der Waals surface area contributed by atoms with Gasteiger partial charge in [0.15, 0.2) is 5.54 Å². The van der Waals surface area contributed by atoms with Crippen LogP contribution in [0.15, 0.2) is 59.1 Å². The molecule has 0 aromatic heterocycles. The molecule has 0 saturated carbocycles. The molecule has 1 saturated heterocycles. The Kier molecular flexibility index (Phi) is 4.09. The summed E-state index contributed by atoms with van der Waals surface area (Å²) in [4.78, 5) is 26.1. The van der Waals surface area contributed by atoms with Crippen LogP contribution in [0, 0.1) is 0 Å². The molecule has 0 bridgehead atoms. The minimum absolute atomic E-state index is 0.0641. The minimum atomic E-state index is -1.10. The van der Waals surface area contributed by atoms with Crippen LogP contribution >= 0.6 is 15.9 Å². The van der Waals surface area contributed by atoms with E-state index < -0.39 is 11.6 Å². The number of para-hydroxylation sites is 1. The molecular formula is C17H15BrN2O3. The van der Waals surface area contributed by atoms with Gasteiger partial charge in [-0.3, -0.25) is 4.79 Å². The molecule has 2 aromatic rings. The predicted octanol–water partition coefficient (Wildman–Crippen LogP) is 3.34. The lowest BCUT2D eigenvalue weighted by molar-refractivity contribution is -0.122. The van der Waals surface area contributed by atoms with Gasteiger partial charge in [0.25, 0.3) is 5.91 Å². The Bertz CT molecular complexity index is 733. The number of hydrogen-bond acceptors (Lipinski definition) is 3. The van der Waals surface area contributed by atoms with Crippen LogP contribution < -0.4 is 15.0 Å². The van der Waals surface area contributed by atoms with Crippen LogP contribution in [0.3, 0.4) is 0 Å². The van der Waals surface area contributed by atoms with Crippen LogP contribution in [0.1, 0.15) is 6.92 Å². The minimum Gasteiger partial charge on any atom is -0.491 e. The van der Waals surface area contributed by atoms with E-state index >= 15 is 0 Å². The number of carbonyl (C=O) groups excluding carboxylic acids is 2. The zero-order valence-corrected chi connectivity index (χ0v) is 14.0. The number of nitrogens with one attached hydrogen (secondary N) is 1. The Morgan fingerprint density at radius 1 is 1.09 bits per heavy atom. The molecule has 3 rings (SSSR count). The number of amides is 3. The van der Waals surface area contributed by atoms with Crippen molar-refractivity contribution in [1.29, 1.82) is 0 Å². The second-order valence-corrected chi connectivity index (χ2v) is 6.40. The van der Waals surface area contributed by atoms with Crippen molar-refractivity contribution in [1.82, 2.24) is 5.32 Å². The van der Waals surface area contributed by atoms with Gasteiger partial charge in [-0.15, -0.1) is 0 Å². The number of rotatable bonds is 4. The normalized spacial score (nSPS) is 20.5. The quantitative estimate of drug-likeness (QED) is 0.834. The lowest BCUT2D eigenvalue weighted by Gasteiger charge is -2.22. The third-order valence-electron chi connectivity index (χ3n) is 3.62. The van der Waals surface area contributed by atoms with Crippen molar-refractivity contribution in [2.45, 2.75) is 12.5 Å². The molecule has 2 aromatic carbocycles. The van der Waals surface area contributed by atoms with Gasteiger partial charge in [-0.25, -0.2) is 9.69 Å². The van der Waals surface area contributed by atoms with Gasteiger partial charge in [0.1, 0.15) is 12.4 Å². The number of imide groups is 1. The molecule has 0 unspecified atom stereocenters. The molecule has 5 nitrogen and oxygen atoms in total. The van der Waals surface area contributed by atoms with E-state index in [-0.39, 0.29) is 12.5 Å². The predicted molar refractivity (Wildman–Crippen MR) is 90.5 cm³/mol. The maximum Gasteiger partial charge on any atom is 0.329 e. The molecule has 23 heavy (non-hydrogen) atoms. The highest BCUT2D eigenvalue weighted by atomic mass is 79.9. The van der Waals surface area contributed by atoms with Crippen molar-refractivity contribution < 1.29 is 14.3 Å². The lowest BCUT2D eigenvalue weighted by atomic mass is 10.0. The average Bonchev–Trinajstić information content (AvgIpc) is 2.78. The topological polar surface area (TPSA) is 58.6 Å². The number of ether oxygens (including phenoxy) is 1. The molecule has 1 fully saturated rings. The Hall–Kier alpha value is -2.34. The molecule has 0 aliphatic carbocycles. The molecule has 6 heteroatoms. The standard InChI is InChI=1S/C17H15BrN2O3/c1-17(11-23-14-5-3-2-4-6-14)15(21)20(16(22)19-17)13-9-7-12(18)8-10-13/h2-10H,11H2,1H3,(H,19,22)/t17-/m0/s1. The van der Waals surface area contributed by atoms with E-state index in [9.17, 15) is 9.59 Å². The monoisotopic (exact) mass is 374 g/mol. The number of hydrogen-bond donors (Lipinski definition) is 1. The first-order valence-corrected chi connectivity index (χ1v) is 7.89. The molecule has 1 atom stereocenters. The van der Waals surface area contributed by atoms with Gasteiger partial charge in [0, 0.05) is 4.47 Å². The number of nitrogens with zero attached hydrogens (tertiary/aromatic N) is 1. The molecule has 0 spiro atoms. The summed E-state index contributed by atoms with van der Waals surface area (Å²) < 4.78 is 6.52. The van der Waals surface area contributed by atoms with Gasteiger partial charge >= 0.3 is 6.03 Å². The highest BCUT2D eigenvalue weighted by molar-refractivity contribution is 9.10. The Labute approximate surface area is 142 Å². The van der Waals surface area contributed by atoms with Gasteiger partial charge in [-0.2, -0.15) is 0 Å². The third kappa shape index (κ3) is 3.07. The molecule has 0 radical (unpaired) electrons. The van der Waals surface area contributed by atoms with Crippen molar-refractivity contribution in [2.75, 3.05) is 11.5 Å². The van der Waals surface area contributed by atoms with Gasteiger partial charge in [0.2, 0.25) is 0 Å². The Balaban J connectivity index is 1.78. The van der Waals surface area contributed by atoms with E-state index in [1.54, 1.807) is 43.3 Å². The summed E-state index contributed by atoms with van der Waals surface area (Å²) >= 11 is 3.33. The van der Waals surface area contributed by atoms with Gasteiger partial charge in [-0.1, -0.05) is 34.1 Å². The summed E-state index contributed by atoms with van der Waals surface area (Å²) in [5.41, 5.74) is -0.570. The maximum atomic E-state index is 12.7. The second kappa shape index (κ2) is 6.04. The highest BCUT2D eigenvalue weighted by Gasteiger charge is 2.49. The van der Waals surface area contributed by atoms with E-state index in [4.69, 9.17) is 4.74 Å². The zero-order chi connectivity index (χ0) is 16.4. The number of anilines is 1. The summed E-state index contributed by atoms with van der Waals surface area (Å²) in [7, 11) is 0. The molecule has 3 amide bonds. The summed E-state index contributed by atoms with van der Waals surface area (Å²) in [5.74, 6) is 0.318. The molecule has 1 N–H and O–H groups in total. The van der Waals surface area contributed by atoms with Crippen LogP contribution in [-0.4, -0.2) is 24.1 Å². The van der Waals surface area contributed by atoms with Crippen LogP contribution in [0.2, 0.25) is 0 Å². The maximum absolute atomic E-state index is 12.7. The number of urea groups is 1. The first-order chi connectivity index (χ1) is 11.0. The lowest BCUT2D eigenvalue weighted by Crippen LogP contribution is -2.49. The van der Waals surface area contributed by atoms with Crippen molar-refractivity contribution in [2.24, 2.45) is 0 Å². The number of benzene rings is 2. The van der Waals surface area contributed by atoms with Crippen LogP contribution in [-0.2, 0) is 4.79 Å².